The molecule has 0 saturated heterocycles. The summed E-state index contributed by atoms with van der Waals surface area (Å²) in [7, 11) is 1.54. The molecule has 0 aliphatic carbocycles. The van der Waals surface area contributed by atoms with Gasteiger partial charge in [-0.15, -0.1) is 10.2 Å². The molecule has 31 heavy (non-hydrogen) atoms. The van der Waals surface area contributed by atoms with Gasteiger partial charge in [0.25, 0.3) is 5.91 Å². The number of amides is 1. The number of nitrogens with one attached hydrogen (secondary N) is 1. The van der Waals surface area contributed by atoms with Crippen molar-refractivity contribution in [3.8, 4) is 28.6 Å². The molecule has 3 aromatic rings. The first-order chi connectivity index (χ1) is 15.2. The summed E-state index contributed by atoms with van der Waals surface area (Å²) in [6.45, 7) is 1.81. The molecule has 8 nitrogen and oxygen atoms in total. The van der Waals surface area contributed by atoms with Gasteiger partial charge in [0.2, 0.25) is 5.75 Å². The van der Waals surface area contributed by atoms with Gasteiger partial charge in [-0.25, -0.2) is 0 Å². The van der Waals surface area contributed by atoms with E-state index < -0.39 is 0 Å². The summed E-state index contributed by atoms with van der Waals surface area (Å²) in [5.41, 5.74) is 2.04. The summed E-state index contributed by atoms with van der Waals surface area (Å²) in [6, 6.07) is 11.0. The number of benzene rings is 2. The van der Waals surface area contributed by atoms with E-state index in [1.54, 1.807) is 19.2 Å². The molecule has 1 aromatic heterocycles. The summed E-state index contributed by atoms with van der Waals surface area (Å²) in [5, 5.41) is 11.8. The Kier molecular flexibility index (Phi) is 5.19. The highest BCUT2D eigenvalue weighted by Gasteiger charge is 2.21. The van der Waals surface area contributed by atoms with E-state index in [1.165, 1.54) is 6.42 Å². The number of rotatable bonds is 4. The Bertz CT molecular complexity index is 1110. The molecular weight excluding hydrogens is 396 g/mol. The average Bonchev–Trinajstić information content (AvgIpc) is 3.06. The van der Waals surface area contributed by atoms with Crippen LogP contribution in [0.25, 0.3) is 11.4 Å². The molecule has 0 atom stereocenters. The maximum absolute atomic E-state index is 12.9. The van der Waals surface area contributed by atoms with Crippen LogP contribution in [0.5, 0.6) is 17.2 Å². The van der Waals surface area contributed by atoms with Crippen LogP contribution in [0.2, 0.25) is 0 Å². The van der Waals surface area contributed by atoms with Crippen molar-refractivity contribution in [1.29, 1.82) is 0 Å². The number of aryl methyl sites for hydroxylation is 1. The van der Waals surface area contributed by atoms with Crippen LogP contribution in [-0.2, 0) is 13.0 Å². The Balaban J connectivity index is 1.40. The molecule has 5 rings (SSSR count). The summed E-state index contributed by atoms with van der Waals surface area (Å²) in [5.74, 6) is 3.13. The molecule has 1 amide bonds. The number of fused-ring (bicyclic) bond motifs is 2. The molecule has 0 fully saturated rings. The second-order valence-electron chi connectivity index (χ2n) is 7.64. The molecule has 0 saturated carbocycles. The first-order valence-electron chi connectivity index (χ1n) is 10.5. The van der Waals surface area contributed by atoms with Crippen molar-refractivity contribution in [2.75, 3.05) is 25.6 Å². The fraction of sp³-hybridized carbons (Fsp3) is 0.348. The molecule has 2 aromatic carbocycles. The van der Waals surface area contributed by atoms with Gasteiger partial charge < -0.3 is 24.1 Å². The van der Waals surface area contributed by atoms with Crippen LogP contribution < -0.4 is 19.5 Å². The Morgan fingerprint density at radius 3 is 2.90 bits per heavy atom. The van der Waals surface area contributed by atoms with E-state index in [4.69, 9.17) is 14.2 Å². The number of hydrogen-bond donors (Lipinski definition) is 1. The quantitative estimate of drug-likeness (QED) is 0.692. The zero-order valence-electron chi connectivity index (χ0n) is 17.4. The lowest BCUT2D eigenvalue weighted by atomic mass is 10.1. The standard InChI is InChI=1S/C23H24N4O4/c1-29-18-13-16(14-19-21(18)31-11-10-30-19)23(28)24-17-7-5-6-15(12-17)22-26-25-20-8-3-2-4-9-27(20)22/h5-7,12-14H,2-4,8-11H2,1H3,(H,24,28). The van der Waals surface area contributed by atoms with Gasteiger partial charge in [0.15, 0.2) is 17.3 Å². The fourth-order valence-corrected chi connectivity index (χ4v) is 4.04. The van der Waals surface area contributed by atoms with Gasteiger partial charge in [-0.3, -0.25) is 4.79 Å². The van der Waals surface area contributed by atoms with Crippen molar-refractivity contribution in [3.63, 3.8) is 0 Å². The van der Waals surface area contributed by atoms with Crippen molar-refractivity contribution in [3.05, 3.63) is 47.8 Å². The van der Waals surface area contributed by atoms with E-state index in [1.807, 2.05) is 24.3 Å². The lowest BCUT2D eigenvalue weighted by Gasteiger charge is -2.21. The van der Waals surface area contributed by atoms with Crippen molar-refractivity contribution in [2.24, 2.45) is 0 Å². The minimum Gasteiger partial charge on any atom is -0.493 e. The van der Waals surface area contributed by atoms with E-state index in [0.717, 1.165) is 43.0 Å². The Labute approximate surface area is 180 Å². The Hall–Kier alpha value is -3.55. The maximum atomic E-state index is 12.9. The first kappa shape index (κ1) is 19.4. The van der Waals surface area contributed by atoms with E-state index in [2.05, 4.69) is 20.1 Å². The van der Waals surface area contributed by atoms with Gasteiger partial charge in [-0.2, -0.15) is 0 Å². The summed E-state index contributed by atoms with van der Waals surface area (Å²) in [4.78, 5) is 12.9. The van der Waals surface area contributed by atoms with E-state index >= 15 is 0 Å². The smallest absolute Gasteiger partial charge is 0.255 e. The number of hydrogen-bond acceptors (Lipinski definition) is 6. The average molecular weight is 420 g/mol. The van der Waals surface area contributed by atoms with E-state index in [9.17, 15) is 4.79 Å². The molecule has 8 heteroatoms. The van der Waals surface area contributed by atoms with Crippen LogP contribution >= 0.6 is 0 Å². The second kappa shape index (κ2) is 8.29. The normalized spacial score (nSPS) is 15.0. The van der Waals surface area contributed by atoms with Crippen LogP contribution in [-0.4, -0.2) is 41.0 Å². The topological polar surface area (TPSA) is 87.5 Å². The number of anilines is 1. The highest BCUT2D eigenvalue weighted by Crippen LogP contribution is 2.40. The lowest BCUT2D eigenvalue weighted by Crippen LogP contribution is -2.18. The van der Waals surface area contributed by atoms with Crippen molar-refractivity contribution in [1.82, 2.24) is 14.8 Å². The highest BCUT2D eigenvalue weighted by molar-refractivity contribution is 6.05. The monoisotopic (exact) mass is 420 g/mol. The van der Waals surface area contributed by atoms with Gasteiger partial charge in [0.05, 0.1) is 7.11 Å². The summed E-state index contributed by atoms with van der Waals surface area (Å²) >= 11 is 0. The largest absolute Gasteiger partial charge is 0.493 e. The van der Waals surface area contributed by atoms with E-state index in [0.29, 0.717) is 41.7 Å². The molecule has 0 spiro atoms. The second-order valence-corrected chi connectivity index (χ2v) is 7.64. The molecule has 3 heterocycles. The lowest BCUT2D eigenvalue weighted by molar-refractivity contribution is 0.102. The molecule has 1 N–H and O–H groups in total. The Morgan fingerprint density at radius 1 is 1.10 bits per heavy atom. The van der Waals surface area contributed by atoms with Gasteiger partial charge in [0, 0.05) is 29.8 Å². The van der Waals surface area contributed by atoms with Gasteiger partial charge in [-0.05, 0) is 37.1 Å². The molecule has 0 bridgehead atoms. The predicted molar refractivity (Wildman–Crippen MR) is 115 cm³/mol. The Morgan fingerprint density at radius 2 is 2.00 bits per heavy atom. The third-order valence-electron chi connectivity index (χ3n) is 5.58. The van der Waals surface area contributed by atoms with Gasteiger partial charge in [-0.1, -0.05) is 18.6 Å². The molecule has 2 aliphatic rings. The number of carbonyl (C=O) groups excluding carboxylic acids is 1. The minimum atomic E-state index is -0.257. The zero-order valence-corrected chi connectivity index (χ0v) is 17.4. The number of carbonyl (C=O) groups is 1. The van der Waals surface area contributed by atoms with Crippen LogP contribution in [0.15, 0.2) is 36.4 Å². The number of aromatic nitrogens is 3. The molecular formula is C23H24N4O4. The van der Waals surface area contributed by atoms with Crippen LogP contribution in [0.4, 0.5) is 5.69 Å². The number of nitrogens with zero attached hydrogens (tertiary/aromatic N) is 3. The SMILES string of the molecule is COc1cc(C(=O)Nc2cccc(-c3nnc4n3CCCCC4)c2)cc2c1OCCO2. The third kappa shape index (κ3) is 3.81. The molecule has 0 unspecified atom stereocenters. The maximum Gasteiger partial charge on any atom is 0.255 e. The predicted octanol–water partition coefficient (Wildman–Crippen LogP) is 3.70. The first-order valence-corrected chi connectivity index (χ1v) is 10.5. The number of ether oxygens (including phenoxy) is 3. The zero-order chi connectivity index (χ0) is 21.2. The van der Waals surface area contributed by atoms with Crippen LogP contribution in [0.1, 0.15) is 35.4 Å². The summed E-state index contributed by atoms with van der Waals surface area (Å²) in [6.07, 6.45) is 4.43. The van der Waals surface area contributed by atoms with Crippen molar-refractivity contribution in [2.45, 2.75) is 32.2 Å². The fourth-order valence-electron chi connectivity index (χ4n) is 4.04. The van der Waals surface area contributed by atoms with Gasteiger partial charge in [0.1, 0.15) is 19.0 Å². The van der Waals surface area contributed by atoms with Crippen LogP contribution in [0.3, 0.4) is 0 Å². The van der Waals surface area contributed by atoms with Gasteiger partial charge >= 0.3 is 0 Å². The highest BCUT2D eigenvalue weighted by atomic mass is 16.6. The third-order valence-corrected chi connectivity index (χ3v) is 5.58. The van der Waals surface area contributed by atoms with Crippen molar-refractivity contribution >= 4 is 11.6 Å². The summed E-state index contributed by atoms with van der Waals surface area (Å²) < 4.78 is 18.8. The van der Waals surface area contributed by atoms with Crippen LogP contribution in [0, 0.1) is 0 Å². The molecule has 2 aliphatic heterocycles. The van der Waals surface area contributed by atoms with Crippen molar-refractivity contribution < 1.29 is 19.0 Å². The van der Waals surface area contributed by atoms with E-state index in [-0.39, 0.29) is 5.91 Å². The molecule has 0 radical (unpaired) electrons. The molecule has 160 valence electrons. The number of methoxy groups -OCH3 is 1. The minimum absolute atomic E-state index is 0.257.